The van der Waals surface area contributed by atoms with Crippen LogP contribution in [0.5, 0.6) is 17.2 Å². The van der Waals surface area contributed by atoms with Crippen molar-refractivity contribution in [3.63, 3.8) is 0 Å². The zero-order valence-corrected chi connectivity index (χ0v) is 8.74. The summed E-state index contributed by atoms with van der Waals surface area (Å²) in [6.07, 6.45) is 0.933. The van der Waals surface area contributed by atoms with Crippen LogP contribution < -0.4 is 14.2 Å². The van der Waals surface area contributed by atoms with Gasteiger partial charge in [-0.3, -0.25) is 10.1 Å². The fraction of sp³-hybridized carbons (Fsp3) is 0.222. The van der Waals surface area contributed by atoms with E-state index < -0.39 is 4.92 Å². The maximum atomic E-state index is 11.0. The van der Waals surface area contributed by atoms with Gasteiger partial charge in [-0.2, -0.15) is 0 Å². The summed E-state index contributed by atoms with van der Waals surface area (Å²) in [6, 6.07) is 1.35. The Morgan fingerprint density at radius 2 is 2.41 bits per heavy atom. The fourth-order valence-electron chi connectivity index (χ4n) is 1.56. The number of benzene rings is 1. The van der Waals surface area contributed by atoms with Crippen LogP contribution in [0.4, 0.5) is 5.69 Å². The lowest BCUT2D eigenvalue weighted by Crippen LogP contribution is -2.00. The van der Waals surface area contributed by atoms with Crippen LogP contribution in [0.25, 0.3) is 0 Å². The standard InChI is InChI=1S/C9H8N2O6/c1-15-9-7(11(13)14)5(3-10-12)2-6-8(9)17-4-16-6/h2-3,12H,4H2,1H3. The minimum absolute atomic E-state index is 0.0391. The fourth-order valence-corrected chi connectivity index (χ4v) is 1.56. The van der Waals surface area contributed by atoms with E-state index in [2.05, 4.69) is 5.16 Å². The summed E-state index contributed by atoms with van der Waals surface area (Å²) in [5.74, 6) is 0.427. The molecule has 0 bridgehead atoms. The van der Waals surface area contributed by atoms with E-state index in [-0.39, 0.29) is 29.5 Å². The summed E-state index contributed by atoms with van der Waals surface area (Å²) in [7, 11) is 1.28. The van der Waals surface area contributed by atoms with Crippen molar-refractivity contribution in [3.8, 4) is 17.2 Å². The maximum Gasteiger partial charge on any atom is 0.323 e. The van der Waals surface area contributed by atoms with Crippen molar-refractivity contribution in [1.82, 2.24) is 0 Å². The molecule has 0 aromatic heterocycles. The van der Waals surface area contributed by atoms with Gasteiger partial charge in [0, 0.05) is 6.07 Å². The molecule has 1 heterocycles. The Morgan fingerprint density at radius 3 is 3.00 bits per heavy atom. The molecule has 0 aliphatic carbocycles. The highest BCUT2D eigenvalue weighted by molar-refractivity contribution is 5.89. The Morgan fingerprint density at radius 1 is 1.65 bits per heavy atom. The van der Waals surface area contributed by atoms with E-state index in [0.29, 0.717) is 5.75 Å². The number of hydrogen-bond acceptors (Lipinski definition) is 7. The van der Waals surface area contributed by atoms with E-state index in [0.717, 1.165) is 6.21 Å². The van der Waals surface area contributed by atoms with Crippen molar-refractivity contribution in [2.24, 2.45) is 5.16 Å². The molecule has 8 nitrogen and oxygen atoms in total. The number of rotatable bonds is 3. The normalized spacial score (nSPS) is 13.0. The van der Waals surface area contributed by atoms with Gasteiger partial charge >= 0.3 is 5.69 Å². The van der Waals surface area contributed by atoms with Gasteiger partial charge < -0.3 is 19.4 Å². The number of nitrogens with zero attached hydrogens (tertiary/aromatic N) is 2. The average Bonchev–Trinajstić information content (AvgIpc) is 2.74. The first kappa shape index (κ1) is 11.0. The predicted molar refractivity (Wildman–Crippen MR) is 55.2 cm³/mol. The van der Waals surface area contributed by atoms with Gasteiger partial charge in [-0.05, 0) is 0 Å². The van der Waals surface area contributed by atoms with E-state index in [1.807, 2.05) is 0 Å². The number of oxime groups is 1. The molecule has 0 fully saturated rings. The second-order valence-electron chi connectivity index (χ2n) is 3.08. The maximum absolute atomic E-state index is 11.0. The minimum atomic E-state index is -0.641. The Kier molecular flexibility index (Phi) is 2.69. The van der Waals surface area contributed by atoms with Crippen LogP contribution >= 0.6 is 0 Å². The Balaban J connectivity index is 2.72. The van der Waals surface area contributed by atoms with Gasteiger partial charge in [0.2, 0.25) is 18.3 Å². The third-order valence-electron chi connectivity index (χ3n) is 2.21. The molecule has 90 valence electrons. The highest BCUT2D eigenvalue weighted by atomic mass is 16.7. The zero-order chi connectivity index (χ0) is 12.4. The molecule has 17 heavy (non-hydrogen) atoms. The number of ether oxygens (including phenoxy) is 3. The molecule has 0 radical (unpaired) electrons. The second-order valence-corrected chi connectivity index (χ2v) is 3.08. The van der Waals surface area contributed by atoms with Crippen molar-refractivity contribution < 1.29 is 24.3 Å². The van der Waals surface area contributed by atoms with Crippen molar-refractivity contribution in [1.29, 1.82) is 0 Å². The zero-order valence-electron chi connectivity index (χ0n) is 8.74. The molecule has 1 aliphatic rings. The number of fused-ring (bicyclic) bond motifs is 1. The molecule has 0 saturated heterocycles. The quantitative estimate of drug-likeness (QED) is 0.367. The average molecular weight is 240 g/mol. The molecule has 1 aliphatic heterocycles. The molecule has 0 unspecified atom stereocenters. The second kappa shape index (κ2) is 4.16. The summed E-state index contributed by atoms with van der Waals surface area (Å²) >= 11 is 0. The Bertz CT molecular complexity index is 499. The number of hydrogen-bond donors (Lipinski definition) is 1. The molecular formula is C9H8N2O6. The van der Waals surface area contributed by atoms with Crippen molar-refractivity contribution in [2.45, 2.75) is 0 Å². The molecule has 1 aromatic rings. The van der Waals surface area contributed by atoms with Gasteiger partial charge in [-0.1, -0.05) is 5.16 Å². The smallest absolute Gasteiger partial charge is 0.323 e. The first-order chi connectivity index (χ1) is 8.19. The van der Waals surface area contributed by atoms with Crippen LogP contribution in [0, 0.1) is 10.1 Å². The van der Waals surface area contributed by atoms with Crippen LogP contribution in [0.3, 0.4) is 0 Å². The Hall–Kier alpha value is -2.51. The Labute approximate surface area is 95.2 Å². The molecular weight excluding hydrogens is 232 g/mol. The molecule has 0 atom stereocenters. The summed E-state index contributed by atoms with van der Waals surface area (Å²) in [5.41, 5.74) is -0.270. The first-order valence-electron chi connectivity index (χ1n) is 4.51. The minimum Gasteiger partial charge on any atom is -0.487 e. The van der Waals surface area contributed by atoms with Gasteiger partial charge in [-0.25, -0.2) is 0 Å². The monoisotopic (exact) mass is 240 g/mol. The third kappa shape index (κ3) is 1.69. The highest BCUT2D eigenvalue weighted by Crippen LogP contribution is 2.48. The molecule has 0 amide bonds. The number of nitro groups is 1. The summed E-state index contributed by atoms with van der Waals surface area (Å²) in [6.45, 7) is -0.0391. The van der Waals surface area contributed by atoms with Crippen molar-refractivity contribution in [3.05, 3.63) is 21.7 Å². The molecule has 0 spiro atoms. The van der Waals surface area contributed by atoms with Crippen molar-refractivity contribution >= 4 is 11.9 Å². The first-order valence-corrected chi connectivity index (χ1v) is 4.51. The molecule has 1 N–H and O–H groups in total. The lowest BCUT2D eigenvalue weighted by Gasteiger charge is -2.07. The number of nitro benzene ring substituents is 1. The lowest BCUT2D eigenvalue weighted by atomic mass is 10.1. The lowest BCUT2D eigenvalue weighted by molar-refractivity contribution is -0.385. The van der Waals surface area contributed by atoms with Crippen molar-refractivity contribution in [2.75, 3.05) is 13.9 Å². The van der Waals surface area contributed by atoms with E-state index in [9.17, 15) is 10.1 Å². The van der Waals surface area contributed by atoms with Crippen LogP contribution in [0.1, 0.15) is 5.56 Å². The molecule has 2 rings (SSSR count). The van der Waals surface area contributed by atoms with E-state index in [4.69, 9.17) is 19.4 Å². The van der Waals surface area contributed by atoms with Gasteiger partial charge in [0.25, 0.3) is 0 Å². The van der Waals surface area contributed by atoms with Crippen LogP contribution in [0.2, 0.25) is 0 Å². The van der Waals surface area contributed by atoms with E-state index in [1.54, 1.807) is 0 Å². The predicted octanol–water partition coefficient (Wildman–Crippen LogP) is 1.14. The van der Waals surface area contributed by atoms with Gasteiger partial charge in [0.1, 0.15) is 0 Å². The SMILES string of the molecule is COc1c2c(cc(C=NO)c1[N+](=O)[O-])OCO2. The van der Waals surface area contributed by atoms with E-state index in [1.165, 1.54) is 13.2 Å². The van der Waals surface area contributed by atoms with Crippen LogP contribution in [0.15, 0.2) is 11.2 Å². The van der Waals surface area contributed by atoms with Gasteiger partial charge in [0.15, 0.2) is 5.75 Å². The van der Waals surface area contributed by atoms with Crippen LogP contribution in [-0.2, 0) is 0 Å². The molecule has 0 saturated carbocycles. The summed E-state index contributed by atoms with van der Waals surface area (Å²) in [5, 5.41) is 22.2. The topological polar surface area (TPSA) is 103 Å². The largest absolute Gasteiger partial charge is 0.487 e. The number of methoxy groups -OCH3 is 1. The molecule has 1 aromatic carbocycles. The van der Waals surface area contributed by atoms with E-state index >= 15 is 0 Å². The summed E-state index contributed by atoms with van der Waals surface area (Å²) in [4.78, 5) is 10.3. The van der Waals surface area contributed by atoms with Gasteiger partial charge in [-0.15, -0.1) is 0 Å². The summed E-state index contributed by atoms with van der Waals surface area (Å²) < 4.78 is 15.1. The highest BCUT2D eigenvalue weighted by Gasteiger charge is 2.31. The van der Waals surface area contributed by atoms with Gasteiger partial charge in [0.05, 0.1) is 23.8 Å². The third-order valence-corrected chi connectivity index (χ3v) is 2.21. The molecule has 8 heteroatoms. The van der Waals surface area contributed by atoms with Crippen LogP contribution in [-0.4, -0.2) is 30.2 Å².